The molecule has 8 rings (SSSR count). The van der Waals surface area contributed by atoms with Crippen LogP contribution in [0.5, 0.6) is 23.0 Å². The molecule has 1 amide bonds. The van der Waals surface area contributed by atoms with Crippen LogP contribution in [-0.2, 0) is 20.4 Å². The van der Waals surface area contributed by atoms with E-state index in [0.29, 0.717) is 36.2 Å². The maximum absolute atomic E-state index is 12.8. The van der Waals surface area contributed by atoms with E-state index in [2.05, 4.69) is 43.0 Å². The van der Waals surface area contributed by atoms with Crippen LogP contribution in [0.2, 0.25) is 0 Å². The predicted molar refractivity (Wildman–Crippen MR) is 184 cm³/mol. The molecule has 2 aromatic carbocycles. The van der Waals surface area contributed by atoms with Gasteiger partial charge in [0, 0.05) is 11.4 Å². The van der Waals surface area contributed by atoms with Gasteiger partial charge >= 0.3 is 5.97 Å². The van der Waals surface area contributed by atoms with Gasteiger partial charge in [-0.2, -0.15) is 0 Å². The number of benzene rings is 2. The maximum atomic E-state index is 12.8. The largest absolute Gasteiger partial charge is 0.481 e. The van der Waals surface area contributed by atoms with E-state index in [0.717, 1.165) is 58.2 Å². The third-order valence-electron chi connectivity index (χ3n) is 9.23. The summed E-state index contributed by atoms with van der Waals surface area (Å²) in [7, 11) is 0. The van der Waals surface area contributed by atoms with Gasteiger partial charge in [0.1, 0.15) is 0 Å². The molecule has 2 aliphatic carbocycles. The van der Waals surface area contributed by atoms with E-state index in [9.17, 15) is 9.59 Å². The summed E-state index contributed by atoms with van der Waals surface area (Å²) >= 11 is 0. The third kappa shape index (κ3) is 7.25. The monoisotopic (exact) mass is 666 g/mol. The molecule has 2 fully saturated rings. The number of carbonyl (C=O) groups is 2. The molecule has 2 saturated carbocycles. The summed E-state index contributed by atoms with van der Waals surface area (Å²) in [4.78, 5) is 32.5. The minimum absolute atomic E-state index is 0.0143. The fraction of sp³-hybridized carbons (Fsp3) is 0.368. The summed E-state index contributed by atoms with van der Waals surface area (Å²) in [6, 6.07) is 18.8. The number of pyridine rings is 2. The van der Waals surface area contributed by atoms with Gasteiger partial charge in [0.15, 0.2) is 23.0 Å². The van der Waals surface area contributed by atoms with Gasteiger partial charge in [-0.25, -0.2) is 0 Å². The first-order chi connectivity index (χ1) is 23.5. The van der Waals surface area contributed by atoms with Crippen LogP contribution in [0.1, 0.15) is 87.7 Å². The number of hydrogen-bond donors (Lipinski definition) is 3. The van der Waals surface area contributed by atoms with Crippen molar-refractivity contribution in [3.63, 3.8) is 0 Å². The quantitative estimate of drug-likeness (QED) is 0.189. The van der Waals surface area contributed by atoms with Crippen molar-refractivity contribution in [1.29, 1.82) is 0 Å². The van der Waals surface area contributed by atoms with Gasteiger partial charge in [0.2, 0.25) is 19.5 Å². The van der Waals surface area contributed by atoms with Gasteiger partial charge in [-0.05, 0) is 97.2 Å². The fourth-order valence-corrected chi connectivity index (χ4v) is 5.74. The van der Waals surface area contributed by atoms with Crippen molar-refractivity contribution in [3.8, 4) is 23.0 Å². The first-order valence-corrected chi connectivity index (χ1v) is 16.5. The Hall–Kier alpha value is -5.32. The molecule has 11 heteroatoms. The lowest BCUT2D eigenvalue weighted by Crippen LogP contribution is -2.27. The second-order valence-corrected chi connectivity index (χ2v) is 13.4. The van der Waals surface area contributed by atoms with Crippen LogP contribution >= 0.6 is 0 Å². The lowest BCUT2D eigenvalue weighted by atomic mass is 9.94. The number of aromatic nitrogens is 2. The number of nitrogens with zero attached hydrogens (tertiary/aromatic N) is 2. The smallest absolute Gasteiger partial charge is 0.314 e. The molecule has 0 saturated heterocycles. The van der Waals surface area contributed by atoms with Gasteiger partial charge < -0.3 is 35.1 Å². The molecule has 4 aromatic rings. The zero-order valence-electron chi connectivity index (χ0n) is 28.2. The molecule has 0 unspecified atom stereocenters. The molecule has 2 aromatic heterocycles. The Morgan fingerprint density at radius 2 is 1.18 bits per heavy atom. The summed E-state index contributed by atoms with van der Waals surface area (Å²) in [5.41, 5.74) is 9.71. The van der Waals surface area contributed by atoms with E-state index in [1.54, 1.807) is 24.5 Å². The van der Waals surface area contributed by atoms with E-state index in [1.807, 2.05) is 48.5 Å². The normalized spacial score (nSPS) is 16.5. The molecular weight excluding hydrogens is 624 g/mol. The summed E-state index contributed by atoms with van der Waals surface area (Å²) in [6.45, 7) is 8.88. The molecule has 49 heavy (non-hydrogen) atoms. The summed E-state index contributed by atoms with van der Waals surface area (Å²) in [6.07, 6.45) is 6.52. The van der Waals surface area contributed by atoms with E-state index >= 15 is 0 Å². The van der Waals surface area contributed by atoms with Crippen LogP contribution in [0.4, 0.5) is 11.4 Å². The first kappa shape index (κ1) is 33.6. The molecule has 0 radical (unpaired) electrons. The summed E-state index contributed by atoms with van der Waals surface area (Å²) in [5, 5.41) is 12.1. The number of nitrogens with two attached hydrogens (primary N) is 1. The Labute approximate surface area is 285 Å². The van der Waals surface area contributed by atoms with E-state index in [1.165, 1.54) is 0 Å². The summed E-state index contributed by atoms with van der Waals surface area (Å²) in [5.74, 6) is 2.93. The molecule has 0 bridgehead atoms. The predicted octanol–water partition coefficient (Wildman–Crippen LogP) is 6.92. The zero-order chi connectivity index (χ0) is 34.8. The molecule has 2 aliphatic heterocycles. The van der Waals surface area contributed by atoms with Crippen molar-refractivity contribution < 1.29 is 33.6 Å². The van der Waals surface area contributed by atoms with E-state index in [4.69, 9.17) is 29.8 Å². The van der Waals surface area contributed by atoms with Crippen molar-refractivity contribution in [3.05, 3.63) is 95.6 Å². The lowest BCUT2D eigenvalue weighted by molar-refractivity contribution is -0.140. The highest BCUT2D eigenvalue weighted by atomic mass is 16.7. The highest BCUT2D eigenvalue weighted by Gasteiger charge is 2.52. The molecule has 256 valence electrons. The molecule has 0 spiro atoms. The number of nitrogen functional groups attached to an aromatic ring is 1. The number of carbonyl (C=O) groups excluding carboxylic acids is 1. The maximum Gasteiger partial charge on any atom is 0.314 e. The van der Waals surface area contributed by atoms with E-state index in [-0.39, 0.29) is 19.5 Å². The number of hydrogen-bond acceptors (Lipinski definition) is 9. The molecule has 4 heterocycles. The van der Waals surface area contributed by atoms with Crippen LogP contribution < -0.4 is 30.0 Å². The van der Waals surface area contributed by atoms with Crippen LogP contribution in [0.25, 0.3) is 0 Å². The zero-order valence-corrected chi connectivity index (χ0v) is 28.2. The Bertz CT molecular complexity index is 1820. The number of aliphatic carboxylic acids is 1. The number of carboxylic acid groups (broad SMARTS) is 1. The highest BCUT2D eigenvalue weighted by molar-refractivity contribution is 6.01. The average molecular weight is 667 g/mol. The standard InChI is InChI=1S/C19H20N2O3.C11H10O4.C8H12N2/c1-12(2)15-5-4-14(10-20-15)21-18(22)19(7-8-19)13-3-6-16-17(9-13)24-11-23-16;12-10(13)11(3-4-11)7-1-2-8-9(5-7)15-6-14-8;1-6(2)8-4-3-7(9)5-10-8/h3-6,9-10,12H,7-8,11H2,1-2H3,(H,21,22);1-2,5H,3-4,6H2,(H,12,13);3-6H,9H2,1-2H3. The Balaban J connectivity index is 0.000000142. The highest BCUT2D eigenvalue weighted by Crippen LogP contribution is 2.52. The second-order valence-electron chi connectivity index (χ2n) is 13.4. The second kappa shape index (κ2) is 13.7. The minimum Gasteiger partial charge on any atom is -0.481 e. The van der Waals surface area contributed by atoms with E-state index < -0.39 is 16.8 Å². The van der Waals surface area contributed by atoms with Crippen molar-refractivity contribution in [2.24, 2.45) is 0 Å². The fourth-order valence-electron chi connectivity index (χ4n) is 5.74. The molecule has 0 atom stereocenters. The number of rotatable bonds is 7. The minimum atomic E-state index is -0.749. The Morgan fingerprint density at radius 1 is 0.694 bits per heavy atom. The van der Waals surface area contributed by atoms with Gasteiger partial charge in [-0.15, -0.1) is 0 Å². The lowest BCUT2D eigenvalue weighted by Gasteiger charge is -2.16. The third-order valence-corrected chi connectivity index (χ3v) is 9.23. The van der Waals surface area contributed by atoms with Crippen molar-refractivity contribution in [1.82, 2.24) is 9.97 Å². The average Bonchev–Trinajstić information content (AvgIpc) is 3.99. The first-order valence-electron chi connectivity index (χ1n) is 16.5. The van der Waals surface area contributed by atoms with Gasteiger partial charge in [-0.1, -0.05) is 39.8 Å². The topological polar surface area (TPSA) is 155 Å². The number of ether oxygens (including phenoxy) is 4. The number of fused-ring (bicyclic) bond motifs is 2. The van der Waals surface area contributed by atoms with Crippen LogP contribution in [0.3, 0.4) is 0 Å². The number of anilines is 2. The van der Waals surface area contributed by atoms with Gasteiger partial charge in [0.25, 0.3) is 0 Å². The van der Waals surface area contributed by atoms with Gasteiger partial charge in [0.05, 0.1) is 34.6 Å². The van der Waals surface area contributed by atoms with Crippen LogP contribution in [0.15, 0.2) is 73.1 Å². The summed E-state index contributed by atoms with van der Waals surface area (Å²) < 4.78 is 21.2. The van der Waals surface area contributed by atoms with Gasteiger partial charge in [-0.3, -0.25) is 19.6 Å². The molecule has 4 N–H and O–H groups in total. The van der Waals surface area contributed by atoms with Crippen molar-refractivity contribution in [2.75, 3.05) is 24.6 Å². The SMILES string of the molecule is CC(C)c1ccc(N)cn1.CC(C)c1ccc(NC(=O)C2(c3ccc4c(c3)OCO4)CC2)cn1.O=C(O)C1(c2ccc3c(c2)OCO3)CC1. The number of nitrogens with one attached hydrogen (secondary N) is 1. The molecule has 4 aliphatic rings. The Morgan fingerprint density at radius 3 is 1.61 bits per heavy atom. The van der Waals surface area contributed by atoms with Crippen molar-refractivity contribution >= 4 is 23.3 Å². The van der Waals surface area contributed by atoms with Crippen molar-refractivity contribution in [2.45, 2.75) is 76.0 Å². The number of amides is 1. The van der Waals surface area contributed by atoms with Crippen LogP contribution in [-0.4, -0.2) is 40.5 Å². The Kier molecular flexibility index (Phi) is 9.36. The molecule has 11 nitrogen and oxygen atoms in total. The molecular formula is C38H42N4O7. The number of carboxylic acids is 1. The van der Waals surface area contributed by atoms with Crippen LogP contribution in [0, 0.1) is 0 Å².